The van der Waals surface area contributed by atoms with Gasteiger partial charge in [0.15, 0.2) is 0 Å². The average molecular weight is 384 g/mol. The van der Waals surface area contributed by atoms with Crippen molar-refractivity contribution in [3.63, 3.8) is 0 Å². The van der Waals surface area contributed by atoms with Crippen LogP contribution in [0.25, 0.3) is 43.6 Å². The maximum absolute atomic E-state index is 4.74. The van der Waals surface area contributed by atoms with Gasteiger partial charge in [-0.1, -0.05) is 70.5 Å². The first kappa shape index (κ1) is 14.6. The normalized spacial score (nSPS) is 11.4. The Hall–Kier alpha value is -2.71. The molecule has 1 heterocycles. The zero-order valence-electron chi connectivity index (χ0n) is 13.4. The van der Waals surface area contributed by atoms with Gasteiger partial charge in [-0.05, 0) is 51.2 Å². The van der Waals surface area contributed by atoms with Crippen LogP contribution in [0.5, 0.6) is 0 Å². The molecule has 0 unspecified atom stereocenters. The van der Waals surface area contributed by atoms with Crippen LogP contribution in [0.15, 0.2) is 89.5 Å². The first-order valence-corrected chi connectivity index (χ1v) is 9.06. The second kappa shape index (κ2) is 5.68. The molecule has 1 aromatic heterocycles. The minimum absolute atomic E-state index is 1.02. The fraction of sp³-hybridized carbons (Fsp3) is 0. The van der Waals surface area contributed by atoms with Crippen LogP contribution in [-0.4, -0.2) is 4.98 Å². The van der Waals surface area contributed by atoms with Gasteiger partial charge in [-0.2, -0.15) is 0 Å². The molecule has 0 aliphatic carbocycles. The van der Waals surface area contributed by atoms with E-state index in [-0.39, 0.29) is 0 Å². The van der Waals surface area contributed by atoms with Crippen molar-refractivity contribution in [1.82, 2.24) is 4.98 Å². The fourth-order valence-corrected chi connectivity index (χ4v) is 4.08. The van der Waals surface area contributed by atoms with Gasteiger partial charge in [0.1, 0.15) is 0 Å². The molecule has 1 nitrogen and oxygen atoms in total. The molecule has 5 rings (SSSR count). The van der Waals surface area contributed by atoms with Crippen LogP contribution in [0.1, 0.15) is 0 Å². The van der Waals surface area contributed by atoms with Gasteiger partial charge >= 0.3 is 0 Å². The first-order valence-electron chi connectivity index (χ1n) is 8.26. The molecule has 0 fully saturated rings. The van der Waals surface area contributed by atoms with Gasteiger partial charge in [-0.25, -0.2) is 0 Å². The molecular formula is C23H14BrN. The third-order valence-corrected chi connectivity index (χ3v) is 5.41. The summed E-state index contributed by atoms with van der Waals surface area (Å²) in [6.07, 6.45) is 1.89. The summed E-state index contributed by atoms with van der Waals surface area (Å²) >= 11 is 3.76. The van der Waals surface area contributed by atoms with E-state index in [9.17, 15) is 0 Å². The Balaban J connectivity index is 1.94. The summed E-state index contributed by atoms with van der Waals surface area (Å²) in [4.78, 5) is 4.74. The Morgan fingerprint density at radius 1 is 0.600 bits per heavy atom. The van der Waals surface area contributed by atoms with E-state index in [4.69, 9.17) is 4.98 Å². The predicted octanol–water partition coefficient (Wildman–Crippen LogP) is 6.97. The van der Waals surface area contributed by atoms with E-state index in [1.165, 1.54) is 32.3 Å². The van der Waals surface area contributed by atoms with Crippen LogP contribution in [0.4, 0.5) is 0 Å². The lowest BCUT2D eigenvalue weighted by molar-refractivity contribution is 1.36. The van der Waals surface area contributed by atoms with E-state index in [0.717, 1.165) is 15.7 Å². The van der Waals surface area contributed by atoms with Gasteiger partial charge in [0.25, 0.3) is 0 Å². The molecule has 0 amide bonds. The van der Waals surface area contributed by atoms with E-state index >= 15 is 0 Å². The van der Waals surface area contributed by atoms with Gasteiger partial charge in [-0.15, -0.1) is 0 Å². The predicted molar refractivity (Wildman–Crippen MR) is 110 cm³/mol. The van der Waals surface area contributed by atoms with Crippen molar-refractivity contribution in [3.8, 4) is 11.3 Å². The van der Waals surface area contributed by atoms with Crippen LogP contribution in [0.2, 0.25) is 0 Å². The Morgan fingerprint density at radius 2 is 1.32 bits per heavy atom. The van der Waals surface area contributed by atoms with E-state index in [1.807, 2.05) is 6.20 Å². The first-order chi connectivity index (χ1) is 12.3. The number of aromatic nitrogens is 1. The average Bonchev–Trinajstić information content (AvgIpc) is 2.66. The molecule has 118 valence electrons. The van der Waals surface area contributed by atoms with Crippen molar-refractivity contribution in [3.05, 3.63) is 89.5 Å². The molecule has 0 saturated carbocycles. The highest BCUT2D eigenvalue weighted by Crippen LogP contribution is 2.39. The minimum atomic E-state index is 1.02. The molecule has 0 saturated heterocycles. The molecule has 5 aromatic rings. The van der Waals surface area contributed by atoms with Gasteiger partial charge in [0.2, 0.25) is 0 Å². The SMILES string of the molecule is Brc1ccc2cc3ccccc3cc2c1-c1nccc2ccccc12. The van der Waals surface area contributed by atoms with Crippen molar-refractivity contribution >= 4 is 48.2 Å². The van der Waals surface area contributed by atoms with Crippen LogP contribution in [0.3, 0.4) is 0 Å². The number of nitrogens with zero attached hydrogens (tertiary/aromatic N) is 1. The van der Waals surface area contributed by atoms with Gasteiger partial charge in [0, 0.05) is 21.6 Å². The van der Waals surface area contributed by atoms with Crippen molar-refractivity contribution < 1.29 is 0 Å². The van der Waals surface area contributed by atoms with E-state index < -0.39 is 0 Å². The number of rotatable bonds is 1. The maximum atomic E-state index is 4.74. The zero-order valence-corrected chi connectivity index (χ0v) is 15.0. The monoisotopic (exact) mass is 383 g/mol. The standard InChI is InChI=1S/C23H14BrN/c24-21-10-9-18-13-16-6-1-2-7-17(16)14-20(18)22(21)23-19-8-4-3-5-15(19)11-12-25-23/h1-14H. The number of benzene rings is 4. The highest BCUT2D eigenvalue weighted by molar-refractivity contribution is 9.10. The molecule has 0 N–H and O–H groups in total. The maximum Gasteiger partial charge on any atom is 0.0797 e. The lowest BCUT2D eigenvalue weighted by Gasteiger charge is -2.12. The largest absolute Gasteiger partial charge is 0.256 e. The van der Waals surface area contributed by atoms with Gasteiger partial charge < -0.3 is 0 Å². The Labute approximate surface area is 154 Å². The highest BCUT2D eigenvalue weighted by Gasteiger charge is 2.13. The number of hydrogen-bond donors (Lipinski definition) is 0. The fourth-order valence-electron chi connectivity index (χ4n) is 3.55. The quantitative estimate of drug-likeness (QED) is 0.284. The molecule has 25 heavy (non-hydrogen) atoms. The highest BCUT2D eigenvalue weighted by atomic mass is 79.9. The molecule has 0 aliphatic rings. The summed E-state index contributed by atoms with van der Waals surface area (Å²) in [6, 6.07) is 27.8. The molecule has 2 heteroatoms. The van der Waals surface area contributed by atoms with Gasteiger partial charge in [0.05, 0.1) is 5.69 Å². The summed E-state index contributed by atoms with van der Waals surface area (Å²) in [5, 5.41) is 7.33. The van der Waals surface area contributed by atoms with E-state index in [1.54, 1.807) is 0 Å². The topological polar surface area (TPSA) is 12.9 Å². The lowest BCUT2D eigenvalue weighted by atomic mass is 9.96. The Kier molecular flexibility index (Phi) is 3.32. The second-order valence-electron chi connectivity index (χ2n) is 6.22. The van der Waals surface area contributed by atoms with Crippen molar-refractivity contribution in [2.24, 2.45) is 0 Å². The number of fused-ring (bicyclic) bond motifs is 3. The molecule has 0 radical (unpaired) electrons. The summed E-state index contributed by atoms with van der Waals surface area (Å²) < 4.78 is 1.07. The summed E-state index contributed by atoms with van der Waals surface area (Å²) in [6.45, 7) is 0. The van der Waals surface area contributed by atoms with E-state index in [0.29, 0.717) is 0 Å². The summed E-state index contributed by atoms with van der Waals surface area (Å²) in [5.74, 6) is 0. The molecule has 0 spiro atoms. The molecular weight excluding hydrogens is 370 g/mol. The minimum Gasteiger partial charge on any atom is -0.256 e. The zero-order chi connectivity index (χ0) is 16.8. The number of pyridine rings is 1. The smallest absolute Gasteiger partial charge is 0.0797 e. The van der Waals surface area contributed by atoms with Crippen molar-refractivity contribution in [2.75, 3.05) is 0 Å². The van der Waals surface area contributed by atoms with E-state index in [2.05, 4.69) is 94.8 Å². The lowest BCUT2D eigenvalue weighted by Crippen LogP contribution is -1.89. The molecule has 0 atom stereocenters. The van der Waals surface area contributed by atoms with Crippen LogP contribution >= 0.6 is 15.9 Å². The number of hydrogen-bond acceptors (Lipinski definition) is 1. The van der Waals surface area contributed by atoms with Crippen LogP contribution < -0.4 is 0 Å². The Morgan fingerprint density at radius 3 is 2.16 bits per heavy atom. The van der Waals surface area contributed by atoms with Crippen molar-refractivity contribution in [1.29, 1.82) is 0 Å². The molecule has 0 bridgehead atoms. The Bertz CT molecular complexity index is 1250. The third kappa shape index (κ3) is 2.33. The van der Waals surface area contributed by atoms with Crippen molar-refractivity contribution in [2.45, 2.75) is 0 Å². The molecule has 4 aromatic carbocycles. The summed E-state index contributed by atoms with van der Waals surface area (Å²) in [7, 11) is 0. The van der Waals surface area contributed by atoms with Crippen LogP contribution in [0, 0.1) is 0 Å². The van der Waals surface area contributed by atoms with Gasteiger partial charge in [-0.3, -0.25) is 4.98 Å². The second-order valence-corrected chi connectivity index (χ2v) is 7.08. The third-order valence-electron chi connectivity index (χ3n) is 4.75. The molecule has 0 aliphatic heterocycles. The number of halogens is 1. The summed E-state index contributed by atoms with van der Waals surface area (Å²) in [5.41, 5.74) is 2.17. The van der Waals surface area contributed by atoms with Crippen LogP contribution in [-0.2, 0) is 0 Å².